The van der Waals surface area contributed by atoms with Gasteiger partial charge in [-0.25, -0.2) is 0 Å². The van der Waals surface area contributed by atoms with Gasteiger partial charge in [-0.1, -0.05) is 45.0 Å². The van der Waals surface area contributed by atoms with Crippen LogP contribution in [0, 0.1) is 0 Å². The Kier molecular flexibility index (Phi) is 4.58. The topological polar surface area (TPSA) is 18.5 Å². The highest BCUT2D eigenvalue weighted by Crippen LogP contribution is 2.36. The first-order chi connectivity index (χ1) is 11.4. The second-order valence-electron chi connectivity index (χ2n) is 7.68. The molecule has 0 spiro atoms. The van der Waals surface area contributed by atoms with Gasteiger partial charge in [-0.2, -0.15) is 0 Å². The lowest BCUT2D eigenvalue weighted by atomic mass is 9.80. The summed E-state index contributed by atoms with van der Waals surface area (Å²) < 4.78 is 11.4. The van der Waals surface area contributed by atoms with E-state index >= 15 is 0 Å². The fourth-order valence-electron chi connectivity index (χ4n) is 3.82. The van der Waals surface area contributed by atoms with Crippen molar-refractivity contribution in [2.75, 3.05) is 14.2 Å². The highest BCUT2D eigenvalue weighted by Gasteiger charge is 2.21. The molecule has 1 aliphatic carbocycles. The molecule has 0 unspecified atom stereocenters. The van der Waals surface area contributed by atoms with E-state index in [-0.39, 0.29) is 5.41 Å². The Morgan fingerprint density at radius 3 is 2.21 bits per heavy atom. The number of benzene rings is 2. The average molecular weight is 324 g/mol. The van der Waals surface area contributed by atoms with Crippen molar-refractivity contribution in [3.63, 3.8) is 0 Å². The molecule has 0 atom stereocenters. The Labute approximate surface area is 145 Å². The van der Waals surface area contributed by atoms with E-state index in [0.717, 1.165) is 37.2 Å². The Morgan fingerprint density at radius 2 is 1.54 bits per heavy atom. The van der Waals surface area contributed by atoms with Crippen LogP contribution in [0.5, 0.6) is 11.5 Å². The summed E-state index contributed by atoms with van der Waals surface area (Å²) in [6.07, 6.45) is 3.98. The van der Waals surface area contributed by atoms with Gasteiger partial charge in [-0.05, 0) is 59.4 Å². The molecule has 0 aromatic heterocycles. The Morgan fingerprint density at radius 1 is 0.792 bits per heavy atom. The van der Waals surface area contributed by atoms with Crippen LogP contribution in [-0.4, -0.2) is 14.2 Å². The minimum atomic E-state index is 0.174. The van der Waals surface area contributed by atoms with Gasteiger partial charge in [-0.3, -0.25) is 0 Å². The zero-order valence-corrected chi connectivity index (χ0v) is 15.5. The van der Waals surface area contributed by atoms with E-state index < -0.39 is 0 Å². The van der Waals surface area contributed by atoms with Crippen molar-refractivity contribution in [2.45, 2.75) is 51.9 Å². The lowest BCUT2D eigenvalue weighted by molar-refractivity contribution is 0.381. The first-order valence-corrected chi connectivity index (χ1v) is 8.79. The molecule has 0 fully saturated rings. The van der Waals surface area contributed by atoms with E-state index in [0.29, 0.717) is 0 Å². The number of rotatable bonds is 2. The van der Waals surface area contributed by atoms with E-state index in [9.17, 15) is 0 Å². The van der Waals surface area contributed by atoms with Crippen LogP contribution in [0.25, 0.3) is 0 Å². The second kappa shape index (κ2) is 6.51. The molecule has 0 saturated carbocycles. The lowest BCUT2D eigenvalue weighted by Crippen LogP contribution is -2.16. The van der Waals surface area contributed by atoms with Gasteiger partial charge in [0.05, 0.1) is 14.2 Å². The van der Waals surface area contributed by atoms with Crippen molar-refractivity contribution in [3.8, 4) is 11.5 Å². The van der Waals surface area contributed by atoms with E-state index in [4.69, 9.17) is 9.47 Å². The van der Waals surface area contributed by atoms with Crippen LogP contribution in [0.2, 0.25) is 0 Å². The van der Waals surface area contributed by atoms with Gasteiger partial charge in [0, 0.05) is 5.56 Å². The van der Waals surface area contributed by atoms with Crippen molar-refractivity contribution in [2.24, 2.45) is 0 Å². The number of ether oxygens (including phenoxy) is 2. The van der Waals surface area contributed by atoms with Crippen molar-refractivity contribution >= 4 is 0 Å². The Bertz CT molecular complexity index is 738. The third-order valence-electron chi connectivity index (χ3n) is 5.03. The van der Waals surface area contributed by atoms with Crippen LogP contribution in [0.1, 0.15) is 48.6 Å². The zero-order chi connectivity index (χ0) is 17.3. The highest BCUT2D eigenvalue weighted by molar-refractivity contribution is 5.52. The number of methoxy groups -OCH3 is 2. The minimum absolute atomic E-state index is 0.174. The quantitative estimate of drug-likeness (QED) is 0.783. The fraction of sp³-hybridized carbons (Fsp3) is 0.455. The van der Waals surface area contributed by atoms with E-state index in [1.807, 2.05) is 0 Å². The maximum atomic E-state index is 5.78. The number of aryl methyl sites for hydroxylation is 3. The van der Waals surface area contributed by atoms with Gasteiger partial charge in [0.25, 0.3) is 0 Å². The maximum Gasteiger partial charge on any atom is 0.128 e. The minimum Gasteiger partial charge on any atom is -0.496 e. The zero-order valence-electron chi connectivity index (χ0n) is 15.5. The van der Waals surface area contributed by atoms with Crippen LogP contribution in [0.15, 0.2) is 30.3 Å². The smallest absolute Gasteiger partial charge is 0.128 e. The lowest BCUT2D eigenvalue weighted by Gasteiger charge is -2.25. The molecule has 2 heteroatoms. The van der Waals surface area contributed by atoms with E-state index in [1.54, 1.807) is 14.2 Å². The van der Waals surface area contributed by atoms with Gasteiger partial charge >= 0.3 is 0 Å². The molecular weight excluding hydrogens is 296 g/mol. The van der Waals surface area contributed by atoms with Gasteiger partial charge in [-0.15, -0.1) is 0 Å². The van der Waals surface area contributed by atoms with E-state index in [1.165, 1.54) is 27.8 Å². The molecule has 2 nitrogen and oxygen atoms in total. The molecule has 4 bridgehead atoms. The van der Waals surface area contributed by atoms with Crippen molar-refractivity contribution in [3.05, 3.63) is 58.1 Å². The standard InChI is InChI=1S/C22H28O2/c1-22(2,3)19-12-7-15-6-11-18-20(23-4)13-10-16(21(18)24-5)8-9-17(19)14-15/h7,10,12-14H,6,8-9,11H2,1-5H3. The third kappa shape index (κ3) is 3.15. The molecule has 24 heavy (non-hydrogen) atoms. The summed E-state index contributed by atoms with van der Waals surface area (Å²) in [6.45, 7) is 6.89. The number of fused-ring (bicyclic) bond motifs is 4. The molecule has 128 valence electrons. The van der Waals surface area contributed by atoms with Crippen LogP contribution < -0.4 is 9.47 Å². The highest BCUT2D eigenvalue weighted by atomic mass is 16.5. The molecule has 2 aromatic carbocycles. The fourth-order valence-corrected chi connectivity index (χ4v) is 3.82. The third-order valence-corrected chi connectivity index (χ3v) is 5.03. The van der Waals surface area contributed by atoms with Crippen LogP contribution >= 0.6 is 0 Å². The normalized spacial score (nSPS) is 14.2. The predicted molar refractivity (Wildman–Crippen MR) is 99.5 cm³/mol. The van der Waals surface area contributed by atoms with Crippen LogP contribution in [0.3, 0.4) is 0 Å². The van der Waals surface area contributed by atoms with Crippen molar-refractivity contribution in [1.82, 2.24) is 0 Å². The van der Waals surface area contributed by atoms with E-state index in [2.05, 4.69) is 51.1 Å². The van der Waals surface area contributed by atoms with Gasteiger partial charge < -0.3 is 9.47 Å². The number of hydrogen-bond acceptors (Lipinski definition) is 2. The summed E-state index contributed by atoms with van der Waals surface area (Å²) in [5, 5.41) is 0. The molecule has 0 amide bonds. The molecule has 0 radical (unpaired) electrons. The Hall–Kier alpha value is -1.96. The molecular formula is C22H28O2. The van der Waals surface area contributed by atoms with Crippen molar-refractivity contribution < 1.29 is 9.47 Å². The molecule has 1 aliphatic rings. The molecule has 0 N–H and O–H groups in total. The SMILES string of the molecule is COc1ccc2c(OC)c1CCc1ccc(C(C)(C)C)c(c1)CC2. The first kappa shape index (κ1) is 16.9. The predicted octanol–water partition coefficient (Wildman–Crippen LogP) is 4.89. The molecule has 3 rings (SSSR count). The monoisotopic (exact) mass is 324 g/mol. The number of hydrogen-bond donors (Lipinski definition) is 0. The summed E-state index contributed by atoms with van der Waals surface area (Å²) in [5.74, 6) is 1.94. The average Bonchev–Trinajstić information content (AvgIpc) is 2.55. The van der Waals surface area contributed by atoms with Crippen LogP contribution in [-0.2, 0) is 31.1 Å². The summed E-state index contributed by atoms with van der Waals surface area (Å²) >= 11 is 0. The first-order valence-electron chi connectivity index (χ1n) is 8.79. The molecule has 2 aromatic rings. The largest absolute Gasteiger partial charge is 0.496 e. The molecule has 0 saturated heterocycles. The van der Waals surface area contributed by atoms with Crippen molar-refractivity contribution in [1.29, 1.82) is 0 Å². The molecule has 0 aliphatic heterocycles. The van der Waals surface area contributed by atoms with Gasteiger partial charge in [0.1, 0.15) is 11.5 Å². The van der Waals surface area contributed by atoms with Gasteiger partial charge in [0.15, 0.2) is 0 Å². The summed E-state index contributed by atoms with van der Waals surface area (Å²) in [7, 11) is 3.51. The maximum absolute atomic E-state index is 5.78. The van der Waals surface area contributed by atoms with Gasteiger partial charge in [0.2, 0.25) is 0 Å². The van der Waals surface area contributed by atoms with Crippen LogP contribution in [0.4, 0.5) is 0 Å². The Balaban J connectivity index is 2.07. The molecule has 0 heterocycles. The summed E-state index contributed by atoms with van der Waals surface area (Å²) in [5.41, 5.74) is 6.98. The summed E-state index contributed by atoms with van der Waals surface area (Å²) in [6, 6.07) is 11.3. The summed E-state index contributed by atoms with van der Waals surface area (Å²) in [4.78, 5) is 0. The second-order valence-corrected chi connectivity index (χ2v) is 7.68.